The monoisotopic (exact) mass is 472 g/mol. The maximum atomic E-state index is 13.3. The molecular formula is C25H26ClFN2O4. The van der Waals surface area contributed by atoms with Crippen molar-refractivity contribution in [2.24, 2.45) is 5.16 Å². The van der Waals surface area contributed by atoms with Crippen molar-refractivity contribution in [1.82, 2.24) is 4.90 Å². The summed E-state index contributed by atoms with van der Waals surface area (Å²) in [5.41, 5.74) is 2.77. The van der Waals surface area contributed by atoms with Gasteiger partial charge >= 0.3 is 0 Å². The van der Waals surface area contributed by atoms with Gasteiger partial charge in [0.05, 0.1) is 24.7 Å². The summed E-state index contributed by atoms with van der Waals surface area (Å²) in [4.78, 5) is 7.75. The summed E-state index contributed by atoms with van der Waals surface area (Å²) >= 11 is 5.98. The quantitative estimate of drug-likeness (QED) is 0.440. The van der Waals surface area contributed by atoms with Crippen molar-refractivity contribution in [3.05, 3.63) is 94.7 Å². The lowest BCUT2D eigenvalue weighted by molar-refractivity contribution is -0.00956. The fraction of sp³-hybridized carbons (Fsp3) is 0.320. The molecule has 4 rings (SSSR count). The smallest absolute Gasteiger partial charge is 0.145 e. The molecule has 0 amide bonds. The van der Waals surface area contributed by atoms with Crippen molar-refractivity contribution in [1.29, 1.82) is 0 Å². The number of ether oxygens (including phenoxy) is 1. The SMILES string of the molecule is O[C@H](COCc1ccco1)CN(Cc1ccc(F)cc1)C[C@@H]1CC(c2ccc(Cl)cc2)=NO1. The zero-order valence-corrected chi connectivity index (χ0v) is 18.8. The molecule has 1 aliphatic heterocycles. The number of halogens is 2. The Morgan fingerprint density at radius 3 is 2.67 bits per heavy atom. The molecule has 8 heteroatoms. The minimum atomic E-state index is -0.710. The van der Waals surface area contributed by atoms with E-state index in [0.717, 1.165) is 16.8 Å². The molecule has 174 valence electrons. The van der Waals surface area contributed by atoms with Crippen LogP contribution in [-0.4, -0.2) is 47.6 Å². The van der Waals surface area contributed by atoms with Gasteiger partial charge in [-0.25, -0.2) is 4.39 Å². The van der Waals surface area contributed by atoms with Crippen LogP contribution in [0, 0.1) is 5.82 Å². The van der Waals surface area contributed by atoms with Crippen molar-refractivity contribution in [2.75, 3.05) is 19.7 Å². The lowest BCUT2D eigenvalue weighted by atomic mass is 10.0. The van der Waals surface area contributed by atoms with E-state index >= 15 is 0 Å². The first-order valence-corrected chi connectivity index (χ1v) is 11.2. The van der Waals surface area contributed by atoms with Crippen LogP contribution in [-0.2, 0) is 22.7 Å². The van der Waals surface area contributed by atoms with E-state index in [4.69, 9.17) is 25.6 Å². The maximum absolute atomic E-state index is 13.3. The lowest BCUT2D eigenvalue weighted by Gasteiger charge is -2.27. The standard InChI is InChI=1S/C25H26ClFN2O4/c26-20-7-5-19(6-8-20)25-12-24(33-28-25)15-29(13-18-3-9-21(27)10-4-18)14-22(30)16-31-17-23-2-1-11-32-23/h1-11,22,24,30H,12-17H2/t22-,24-/m0/s1. The molecule has 0 saturated carbocycles. The summed E-state index contributed by atoms with van der Waals surface area (Å²) in [6.07, 6.45) is 1.36. The van der Waals surface area contributed by atoms with E-state index in [1.807, 2.05) is 30.3 Å². The Morgan fingerprint density at radius 2 is 1.94 bits per heavy atom. The Balaban J connectivity index is 1.34. The normalized spacial score (nSPS) is 16.6. The van der Waals surface area contributed by atoms with Gasteiger partial charge < -0.3 is 19.1 Å². The molecule has 0 saturated heterocycles. The Kier molecular flexibility index (Phi) is 8.12. The summed E-state index contributed by atoms with van der Waals surface area (Å²) in [5, 5.41) is 15.5. The predicted molar refractivity (Wildman–Crippen MR) is 124 cm³/mol. The van der Waals surface area contributed by atoms with E-state index in [1.165, 1.54) is 12.1 Å². The van der Waals surface area contributed by atoms with Crippen LogP contribution in [0.5, 0.6) is 0 Å². The molecule has 6 nitrogen and oxygen atoms in total. The molecule has 3 aromatic rings. The first-order valence-electron chi connectivity index (χ1n) is 10.8. The van der Waals surface area contributed by atoms with Crippen LogP contribution >= 0.6 is 11.6 Å². The van der Waals surface area contributed by atoms with E-state index in [1.54, 1.807) is 24.5 Å². The molecule has 0 spiro atoms. The van der Waals surface area contributed by atoms with Crippen molar-refractivity contribution in [3.63, 3.8) is 0 Å². The highest BCUT2D eigenvalue weighted by molar-refractivity contribution is 6.30. The van der Waals surface area contributed by atoms with E-state index < -0.39 is 6.10 Å². The minimum Gasteiger partial charge on any atom is -0.467 e. The van der Waals surface area contributed by atoms with Crippen molar-refractivity contribution in [3.8, 4) is 0 Å². The summed E-state index contributed by atoms with van der Waals surface area (Å²) in [7, 11) is 0. The third-order valence-electron chi connectivity index (χ3n) is 5.30. The number of aliphatic hydroxyl groups excluding tert-OH is 1. The second kappa shape index (κ2) is 11.4. The van der Waals surface area contributed by atoms with Crippen LogP contribution < -0.4 is 0 Å². The fourth-order valence-corrected chi connectivity index (χ4v) is 3.85. The first kappa shape index (κ1) is 23.4. The van der Waals surface area contributed by atoms with Crippen molar-refractivity contribution >= 4 is 17.3 Å². The molecule has 2 atom stereocenters. The van der Waals surface area contributed by atoms with Gasteiger partial charge in [0.15, 0.2) is 0 Å². The van der Waals surface area contributed by atoms with Crippen molar-refractivity contribution in [2.45, 2.75) is 31.8 Å². The van der Waals surface area contributed by atoms with Gasteiger partial charge in [-0.05, 0) is 47.5 Å². The third kappa shape index (κ3) is 7.14. The Morgan fingerprint density at radius 1 is 1.15 bits per heavy atom. The zero-order chi connectivity index (χ0) is 23.0. The Labute approximate surface area is 197 Å². The predicted octanol–water partition coefficient (Wildman–Crippen LogP) is 4.65. The molecule has 1 aliphatic rings. The molecule has 0 fully saturated rings. The van der Waals surface area contributed by atoms with Crippen LogP contribution in [0.25, 0.3) is 0 Å². The van der Waals surface area contributed by atoms with E-state index in [9.17, 15) is 9.50 Å². The molecule has 1 N–H and O–H groups in total. The second-order valence-electron chi connectivity index (χ2n) is 8.05. The average molecular weight is 473 g/mol. The van der Waals surface area contributed by atoms with Gasteiger partial charge in [0, 0.05) is 31.1 Å². The molecule has 0 aliphatic carbocycles. The van der Waals surface area contributed by atoms with Crippen LogP contribution in [0.1, 0.15) is 23.3 Å². The summed E-state index contributed by atoms with van der Waals surface area (Å²) in [6.45, 7) is 1.91. The third-order valence-corrected chi connectivity index (χ3v) is 5.55. The van der Waals surface area contributed by atoms with Gasteiger partial charge in [0.2, 0.25) is 0 Å². The van der Waals surface area contributed by atoms with Gasteiger partial charge in [-0.1, -0.05) is 41.0 Å². The number of rotatable bonds is 11. The molecule has 2 heterocycles. The highest BCUT2D eigenvalue weighted by Crippen LogP contribution is 2.20. The molecule has 33 heavy (non-hydrogen) atoms. The number of nitrogens with zero attached hydrogens (tertiary/aromatic N) is 2. The van der Waals surface area contributed by atoms with Crippen LogP contribution in [0.4, 0.5) is 4.39 Å². The van der Waals surface area contributed by atoms with E-state index in [2.05, 4.69) is 10.1 Å². The van der Waals surface area contributed by atoms with Crippen LogP contribution in [0.3, 0.4) is 0 Å². The maximum Gasteiger partial charge on any atom is 0.145 e. The molecule has 1 aromatic heterocycles. The number of furan rings is 1. The molecular weight excluding hydrogens is 447 g/mol. The van der Waals surface area contributed by atoms with Crippen molar-refractivity contribution < 1.29 is 23.5 Å². The summed E-state index contributed by atoms with van der Waals surface area (Å²) in [6, 6.07) is 17.5. The Hall–Kier alpha value is -2.71. The van der Waals surface area contributed by atoms with E-state index in [0.29, 0.717) is 43.4 Å². The fourth-order valence-electron chi connectivity index (χ4n) is 3.72. The van der Waals surface area contributed by atoms with Gasteiger partial charge in [0.1, 0.15) is 24.3 Å². The number of hydrogen-bond acceptors (Lipinski definition) is 6. The number of benzene rings is 2. The molecule has 0 unspecified atom stereocenters. The second-order valence-corrected chi connectivity index (χ2v) is 8.48. The van der Waals surface area contributed by atoms with Crippen LogP contribution in [0.2, 0.25) is 5.02 Å². The van der Waals surface area contributed by atoms with E-state index in [-0.39, 0.29) is 18.5 Å². The van der Waals surface area contributed by atoms with Gasteiger partial charge in [0.25, 0.3) is 0 Å². The summed E-state index contributed by atoms with van der Waals surface area (Å²) in [5.74, 6) is 0.424. The van der Waals surface area contributed by atoms with Gasteiger partial charge in [-0.15, -0.1) is 0 Å². The first-order chi connectivity index (χ1) is 16.0. The average Bonchev–Trinajstić information content (AvgIpc) is 3.48. The largest absolute Gasteiger partial charge is 0.467 e. The number of oxime groups is 1. The summed E-state index contributed by atoms with van der Waals surface area (Å²) < 4.78 is 24.1. The zero-order valence-electron chi connectivity index (χ0n) is 18.1. The molecule has 0 radical (unpaired) electrons. The highest BCUT2D eigenvalue weighted by Gasteiger charge is 2.26. The minimum absolute atomic E-state index is 0.160. The van der Waals surface area contributed by atoms with Crippen LogP contribution in [0.15, 0.2) is 76.5 Å². The highest BCUT2D eigenvalue weighted by atomic mass is 35.5. The number of hydrogen-bond donors (Lipinski definition) is 1. The Bertz CT molecular complexity index is 1030. The van der Waals surface area contributed by atoms with Gasteiger partial charge in [-0.3, -0.25) is 4.90 Å². The topological polar surface area (TPSA) is 67.4 Å². The van der Waals surface area contributed by atoms with Gasteiger partial charge in [-0.2, -0.15) is 0 Å². The lowest BCUT2D eigenvalue weighted by Crippen LogP contribution is -2.39. The molecule has 0 bridgehead atoms. The molecule has 2 aromatic carbocycles. The number of aliphatic hydroxyl groups is 1.